The molecule has 1 aliphatic heterocycles. The van der Waals surface area contributed by atoms with E-state index in [-0.39, 0.29) is 36.8 Å². The van der Waals surface area contributed by atoms with Gasteiger partial charge in [-0.3, -0.25) is 4.79 Å². The Morgan fingerprint density at radius 1 is 1.09 bits per heavy atom. The molecule has 7 nitrogen and oxygen atoms in total. The molecular formula is C27H32N2O5. The number of hydrogen-bond acceptors (Lipinski definition) is 4. The number of hydrogen-bond donors (Lipinski definition) is 2. The molecule has 1 fully saturated rings. The zero-order chi connectivity index (χ0) is 24.2. The molecule has 2 aromatic carbocycles. The van der Waals surface area contributed by atoms with E-state index < -0.39 is 18.1 Å². The highest BCUT2D eigenvalue weighted by Crippen LogP contribution is 2.44. The third-order valence-electron chi connectivity index (χ3n) is 7.01. The summed E-state index contributed by atoms with van der Waals surface area (Å²) in [6.45, 7) is 4.50. The molecule has 3 unspecified atom stereocenters. The smallest absolute Gasteiger partial charge is 0.407 e. The molecule has 3 atom stereocenters. The maximum absolute atomic E-state index is 12.5. The monoisotopic (exact) mass is 464 g/mol. The Bertz CT molecular complexity index is 1020. The predicted octanol–water partition coefficient (Wildman–Crippen LogP) is 4.41. The van der Waals surface area contributed by atoms with Crippen molar-refractivity contribution in [3.8, 4) is 11.1 Å². The van der Waals surface area contributed by atoms with Gasteiger partial charge in [-0.2, -0.15) is 0 Å². The molecule has 34 heavy (non-hydrogen) atoms. The van der Waals surface area contributed by atoms with Crippen LogP contribution in [0, 0.1) is 5.92 Å². The Kier molecular flexibility index (Phi) is 7.20. The van der Waals surface area contributed by atoms with Crippen molar-refractivity contribution in [2.75, 3.05) is 13.2 Å². The first-order valence-electron chi connectivity index (χ1n) is 12.0. The summed E-state index contributed by atoms with van der Waals surface area (Å²) in [7, 11) is 0. The van der Waals surface area contributed by atoms with Crippen LogP contribution in [0.25, 0.3) is 11.1 Å². The number of carboxylic acid groups (broad SMARTS) is 1. The normalized spacial score (nSPS) is 19.9. The molecule has 180 valence electrons. The van der Waals surface area contributed by atoms with E-state index in [1.165, 1.54) is 27.2 Å². The number of ether oxygens (including phenoxy) is 1. The number of amides is 2. The third kappa shape index (κ3) is 4.93. The quantitative estimate of drug-likeness (QED) is 0.604. The maximum Gasteiger partial charge on any atom is 0.407 e. The number of nitrogens with one attached hydrogen (secondary N) is 1. The van der Waals surface area contributed by atoms with E-state index in [1.54, 1.807) is 0 Å². The van der Waals surface area contributed by atoms with Gasteiger partial charge in [-0.1, -0.05) is 55.5 Å². The van der Waals surface area contributed by atoms with Crippen LogP contribution in [0.15, 0.2) is 48.5 Å². The molecule has 2 aromatic rings. The number of carbonyl (C=O) groups is 3. The van der Waals surface area contributed by atoms with Crippen LogP contribution >= 0.6 is 0 Å². The van der Waals surface area contributed by atoms with Crippen molar-refractivity contribution in [3.63, 3.8) is 0 Å². The fourth-order valence-corrected chi connectivity index (χ4v) is 5.22. The standard InChI is InChI=1S/C27H32N2O5/c1-17-14-15-29(25(17)26(31)32)24(30)13-7-8-18(2)28-27(33)34-16-23-21-11-5-3-9-19(21)20-10-4-6-12-22(20)23/h3-6,9-12,17-18,23,25H,7-8,13-16H2,1-2H3,(H,28,33)(H,31,32). The Morgan fingerprint density at radius 3 is 2.32 bits per heavy atom. The molecule has 0 spiro atoms. The van der Waals surface area contributed by atoms with Gasteiger partial charge in [0, 0.05) is 24.9 Å². The summed E-state index contributed by atoms with van der Waals surface area (Å²) < 4.78 is 5.58. The minimum atomic E-state index is -0.941. The van der Waals surface area contributed by atoms with Crippen LogP contribution in [0.5, 0.6) is 0 Å². The van der Waals surface area contributed by atoms with Crippen LogP contribution in [0.2, 0.25) is 0 Å². The first-order chi connectivity index (χ1) is 16.4. The van der Waals surface area contributed by atoms with Crippen LogP contribution < -0.4 is 5.32 Å². The van der Waals surface area contributed by atoms with Gasteiger partial charge in [0.15, 0.2) is 0 Å². The zero-order valence-electron chi connectivity index (χ0n) is 19.7. The molecular weight excluding hydrogens is 432 g/mol. The maximum atomic E-state index is 12.5. The SMILES string of the molecule is CC(CCCC(=O)N1CCC(C)C1C(=O)O)NC(=O)OCC1c2ccccc2-c2ccccc21. The van der Waals surface area contributed by atoms with Crippen molar-refractivity contribution < 1.29 is 24.2 Å². The number of likely N-dealkylation sites (tertiary alicyclic amines) is 1. The van der Waals surface area contributed by atoms with Crippen LogP contribution in [-0.2, 0) is 14.3 Å². The average molecular weight is 465 g/mol. The first-order valence-corrected chi connectivity index (χ1v) is 12.0. The molecule has 7 heteroatoms. The van der Waals surface area contributed by atoms with Gasteiger partial charge in [0.05, 0.1) is 0 Å². The Morgan fingerprint density at radius 2 is 1.71 bits per heavy atom. The van der Waals surface area contributed by atoms with Crippen molar-refractivity contribution in [1.29, 1.82) is 0 Å². The third-order valence-corrected chi connectivity index (χ3v) is 7.01. The molecule has 1 saturated heterocycles. The fourth-order valence-electron chi connectivity index (χ4n) is 5.22. The highest BCUT2D eigenvalue weighted by molar-refractivity contribution is 5.84. The topological polar surface area (TPSA) is 95.9 Å². The van der Waals surface area contributed by atoms with Gasteiger partial charge in [0.2, 0.25) is 5.91 Å². The van der Waals surface area contributed by atoms with Crippen molar-refractivity contribution in [1.82, 2.24) is 10.2 Å². The van der Waals surface area contributed by atoms with Crippen molar-refractivity contribution in [2.24, 2.45) is 5.92 Å². The molecule has 0 saturated carbocycles. The second-order valence-corrected chi connectivity index (χ2v) is 9.40. The van der Waals surface area contributed by atoms with Gasteiger partial charge in [-0.05, 0) is 54.4 Å². The van der Waals surface area contributed by atoms with Crippen LogP contribution in [0.1, 0.15) is 56.6 Å². The Balaban J connectivity index is 1.23. The summed E-state index contributed by atoms with van der Waals surface area (Å²) in [5.41, 5.74) is 4.70. The van der Waals surface area contributed by atoms with Crippen molar-refractivity contribution in [3.05, 3.63) is 59.7 Å². The van der Waals surface area contributed by atoms with Gasteiger partial charge in [0.25, 0.3) is 0 Å². The van der Waals surface area contributed by atoms with Gasteiger partial charge < -0.3 is 20.1 Å². The van der Waals surface area contributed by atoms with Crippen molar-refractivity contribution >= 4 is 18.0 Å². The second-order valence-electron chi connectivity index (χ2n) is 9.40. The van der Waals surface area contributed by atoms with Crippen LogP contribution in [-0.4, -0.2) is 53.2 Å². The summed E-state index contributed by atoms with van der Waals surface area (Å²) >= 11 is 0. The first kappa shape index (κ1) is 23.8. The number of alkyl carbamates (subject to hydrolysis) is 1. The highest BCUT2D eigenvalue weighted by Gasteiger charge is 2.39. The van der Waals surface area contributed by atoms with E-state index >= 15 is 0 Å². The molecule has 4 rings (SSSR count). The molecule has 0 bridgehead atoms. The molecule has 0 radical (unpaired) electrons. The number of fused-ring (bicyclic) bond motifs is 3. The number of carboxylic acids is 1. The lowest BCUT2D eigenvalue weighted by Crippen LogP contribution is -2.42. The van der Waals surface area contributed by atoms with E-state index in [9.17, 15) is 19.5 Å². The summed E-state index contributed by atoms with van der Waals surface area (Å²) in [6.07, 6.45) is 1.69. The number of nitrogens with zero attached hydrogens (tertiary/aromatic N) is 1. The summed E-state index contributed by atoms with van der Waals surface area (Å²) in [5.74, 6) is -1.10. The summed E-state index contributed by atoms with van der Waals surface area (Å²) in [6, 6.07) is 15.5. The minimum Gasteiger partial charge on any atom is -0.480 e. The van der Waals surface area contributed by atoms with Gasteiger partial charge >= 0.3 is 12.1 Å². The number of rotatable bonds is 8. The molecule has 1 aliphatic carbocycles. The highest BCUT2D eigenvalue weighted by atomic mass is 16.5. The van der Waals surface area contributed by atoms with E-state index in [4.69, 9.17) is 4.74 Å². The average Bonchev–Trinajstić information content (AvgIpc) is 3.36. The lowest BCUT2D eigenvalue weighted by atomic mass is 9.98. The van der Waals surface area contributed by atoms with Gasteiger partial charge in [-0.25, -0.2) is 9.59 Å². The molecule has 1 heterocycles. The molecule has 2 N–H and O–H groups in total. The zero-order valence-corrected chi connectivity index (χ0v) is 19.7. The number of aliphatic carboxylic acids is 1. The molecule has 2 amide bonds. The van der Waals surface area contributed by atoms with E-state index in [2.05, 4.69) is 29.6 Å². The summed E-state index contributed by atoms with van der Waals surface area (Å²) in [5, 5.41) is 12.2. The second kappa shape index (κ2) is 10.3. The number of benzene rings is 2. The van der Waals surface area contributed by atoms with Crippen molar-refractivity contribution in [2.45, 2.75) is 57.5 Å². The van der Waals surface area contributed by atoms with Gasteiger partial charge in [0.1, 0.15) is 12.6 Å². The summed E-state index contributed by atoms with van der Waals surface area (Å²) in [4.78, 5) is 37.9. The lowest BCUT2D eigenvalue weighted by Gasteiger charge is -2.23. The lowest BCUT2D eigenvalue weighted by molar-refractivity contribution is -0.149. The van der Waals surface area contributed by atoms with Crippen LogP contribution in [0.3, 0.4) is 0 Å². The number of carbonyl (C=O) groups excluding carboxylic acids is 2. The Hall–Kier alpha value is -3.35. The van der Waals surface area contributed by atoms with Gasteiger partial charge in [-0.15, -0.1) is 0 Å². The van der Waals surface area contributed by atoms with E-state index in [0.717, 1.165) is 0 Å². The fraction of sp³-hybridized carbons (Fsp3) is 0.444. The molecule has 0 aromatic heterocycles. The largest absolute Gasteiger partial charge is 0.480 e. The van der Waals surface area contributed by atoms with Crippen LogP contribution in [0.4, 0.5) is 4.79 Å². The Labute approximate surface area is 200 Å². The van der Waals surface area contributed by atoms with E-state index in [0.29, 0.717) is 25.8 Å². The predicted molar refractivity (Wildman–Crippen MR) is 128 cm³/mol. The van der Waals surface area contributed by atoms with E-state index in [1.807, 2.05) is 38.1 Å². The molecule has 2 aliphatic rings. The minimum absolute atomic E-state index is 0.0103.